The molecule has 0 radical (unpaired) electrons. The van der Waals surface area contributed by atoms with Gasteiger partial charge in [0.1, 0.15) is 4.83 Å². The Morgan fingerprint density at radius 1 is 1.39 bits per heavy atom. The van der Waals surface area contributed by atoms with E-state index in [4.69, 9.17) is 21.3 Å². The molecule has 1 unspecified atom stereocenters. The zero-order chi connectivity index (χ0) is 22.0. The molecule has 3 aromatic rings. The fourth-order valence-corrected chi connectivity index (χ4v) is 6.15. The first kappa shape index (κ1) is 22.3. The van der Waals surface area contributed by atoms with Crippen LogP contribution in [0.3, 0.4) is 0 Å². The smallest absolute Gasteiger partial charge is 0.267 e. The van der Waals surface area contributed by atoms with Crippen molar-refractivity contribution >= 4 is 50.8 Å². The number of ether oxygens (including phenoxy) is 1. The van der Waals surface area contributed by atoms with Crippen LogP contribution in [0.25, 0.3) is 15.9 Å². The fourth-order valence-electron chi connectivity index (χ4n) is 3.76. The fraction of sp³-hybridized carbons (Fsp3) is 0.409. The van der Waals surface area contributed by atoms with Crippen molar-refractivity contribution in [2.24, 2.45) is 5.92 Å². The number of nitrogens with one attached hydrogen (secondary N) is 1. The van der Waals surface area contributed by atoms with E-state index in [9.17, 15) is 9.59 Å². The van der Waals surface area contributed by atoms with Gasteiger partial charge in [0.25, 0.3) is 5.56 Å². The van der Waals surface area contributed by atoms with Gasteiger partial charge in [0.15, 0.2) is 5.16 Å². The van der Waals surface area contributed by atoms with E-state index in [1.54, 1.807) is 47.3 Å². The topological polar surface area (TPSA) is 73.2 Å². The van der Waals surface area contributed by atoms with Crippen molar-refractivity contribution in [3.63, 3.8) is 0 Å². The molecule has 1 aromatic carbocycles. The maximum absolute atomic E-state index is 13.7. The molecule has 1 aliphatic rings. The van der Waals surface area contributed by atoms with Gasteiger partial charge in [-0.15, -0.1) is 11.3 Å². The first-order valence-corrected chi connectivity index (χ1v) is 12.4. The molecule has 0 fully saturated rings. The van der Waals surface area contributed by atoms with Gasteiger partial charge in [-0.3, -0.25) is 14.2 Å². The Labute approximate surface area is 194 Å². The highest BCUT2D eigenvalue weighted by atomic mass is 35.5. The van der Waals surface area contributed by atoms with E-state index < -0.39 is 0 Å². The van der Waals surface area contributed by atoms with Crippen LogP contribution in [0.4, 0.5) is 0 Å². The van der Waals surface area contributed by atoms with Gasteiger partial charge in [0.2, 0.25) is 5.91 Å². The number of benzene rings is 1. The number of methoxy groups -OCH3 is 1. The number of aryl methyl sites for hydroxylation is 1. The van der Waals surface area contributed by atoms with E-state index in [1.165, 1.54) is 16.6 Å². The molecule has 1 aliphatic carbocycles. The van der Waals surface area contributed by atoms with Crippen molar-refractivity contribution in [3.8, 4) is 5.69 Å². The van der Waals surface area contributed by atoms with Gasteiger partial charge in [0, 0.05) is 23.6 Å². The third-order valence-corrected chi connectivity index (χ3v) is 7.68. The Balaban J connectivity index is 1.76. The van der Waals surface area contributed by atoms with Crippen molar-refractivity contribution in [3.05, 3.63) is 50.1 Å². The number of halogens is 1. The summed E-state index contributed by atoms with van der Waals surface area (Å²) in [6.45, 7) is 3.15. The minimum atomic E-state index is -0.127. The van der Waals surface area contributed by atoms with Crippen LogP contribution in [0.1, 0.15) is 23.8 Å². The first-order chi connectivity index (χ1) is 15.0. The Morgan fingerprint density at radius 2 is 2.16 bits per heavy atom. The summed E-state index contributed by atoms with van der Waals surface area (Å²) in [6, 6.07) is 7.12. The SMILES string of the molecule is COCCNC(=O)CSc1nc2sc3c(c2c(=O)n1-c1ccc(Cl)cc1)CCC(C)C3. The number of thiophene rings is 1. The van der Waals surface area contributed by atoms with Crippen molar-refractivity contribution in [2.75, 3.05) is 26.0 Å². The summed E-state index contributed by atoms with van der Waals surface area (Å²) >= 11 is 8.93. The molecule has 2 heterocycles. The molecule has 0 spiro atoms. The average molecular weight is 478 g/mol. The highest BCUT2D eigenvalue weighted by Crippen LogP contribution is 2.37. The number of fused-ring (bicyclic) bond motifs is 3. The van der Waals surface area contributed by atoms with E-state index >= 15 is 0 Å². The number of aromatic nitrogens is 2. The first-order valence-electron chi connectivity index (χ1n) is 10.2. The van der Waals surface area contributed by atoms with Gasteiger partial charge in [-0.2, -0.15) is 0 Å². The average Bonchev–Trinajstić information content (AvgIpc) is 3.11. The quantitative estimate of drug-likeness (QED) is 0.315. The second kappa shape index (κ2) is 9.73. The van der Waals surface area contributed by atoms with Crippen LogP contribution >= 0.6 is 34.7 Å². The summed E-state index contributed by atoms with van der Waals surface area (Å²) in [5.41, 5.74) is 1.75. The molecule has 0 saturated heterocycles. The molecule has 1 N–H and O–H groups in total. The molecule has 2 aromatic heterocycles. The summed E-state index contributed by atoms with van der Waals surface area (Å²) in [7, 11) is 1.59. The standard InChI is InChI=1S/C22H24ClN3O3S2/c1-13-3-8-16-17(11-13)31-20-19(16)21(28)26(15-6-4-14(23)5-7-15)22(25-20)30-12-18(27)24-9-10-29-2/h4-7,13H,3,8-12H2,1-2H3,(H,24,27). The lowest BCUT2D eigenvalue weighted by Crippen LogP contribution is -2.29. The van der Waals surface area contributed by atoms with E-state index in [0.717, 1.165) is 35.0 Å². The van der Waals surface area contributed by atoms with E-state index in [2.05, 4.69) is 12.2 Å². The number of thioether (sulfide) groups is 1. The van der Waals surface area contributed by atoms with Crippen LogP contribution < -0.4 is 10.9 Å². The number of nitrogens with zero attached hydrogens (tertiary/aromatic N) is 2. The minimum absolute atomic E-state index is 0.0818. The zero-order valence-electron chi connectivity index (χ0n) is 17.4. The van der Waals surface area contributed by atoms with E-state index in [1.807, 2.05) is 0 Å². The van der Waals surface area contributed by atoms with Crippen molar-refractivity contribution in [2.45, 2.75) is 31.3 Å². The Hall–Kier alpha value is -1.87. The van der Waals surface area contributed by atoms with Crippen LogP contribution in [0.5, 0.6) is 0 Å². The van der Waals surface area contributed by atoms with E-state index in [0.29, 0.717) is 34.9 Å². The number of rotatable bonds is 7. The minimum Gasteiger partial charge on any atom is -0.383 e. The van der Waals surface area contributed by atoms with Crippen LogP contribution in [-0.4, -0.2) is 41.5 Å². The number of carbonyl (C=O) groups excluding carboxylic acids is 1. The van der Waals surface area contributed by atoms with Gasteiger partial charge in [0.05, 0.1) is 23.4 Å². The summed E-state index contributed by atoms with van der Waals surface area (Å²) in [5, 5.41) is 4.62. The third-order valence-electron chi connectivity index (χ3n) is 5.34. The highest BCUT2D eigenvalue weighted by Gasteiger charge is 2.25. The monoisotopic (exact) mass is 477 g/mol. The molecule has 31 heavy (non-hydrogen) atoms. The lowest BCUT2D eigenvalue weighted by molar-refractivity contribution is -0.118. The second-order valence-electron chi connectivity index (χ2n) is 7.67. The van der Waals surface area contributed by atoms with Crippen LogP contribution in [-0.2, 0) is 22.4 Å². The molecule has 164 valence electrons. The van der Waals surface area contributed by atoms with Gasteiger partial charge >= 0.3 is 0 Å². The second-order valence-corrected chi connectivity index (χ2v) is 10.1. The number of carbonyl (C=O) groups is 1. The van der Waals surface area contributed by atoms with Gasteiger partial charge in [-0.05, 0) is 55.0 Å². The molecule has 0 bridgehead atoms. The molecule has 0 aliphatic heterocycles. The van der Waals surface area contributed by atoms with Crippen LogP contribution in [0, 0.1) is 5.92 Å². The maximum Gasteiger partial charge on any atom is 0.267 e. The largest absolute Gasteiger partial charge is 0.383 e. The summed E-state index contributed by atoms with van der Waals surface area (Å²) in [5.74, 6) is 0.652. The lowest BCUT2D eigenvalue weighted by atomic mass is 9.89. The predicted octanol–water partition coefficient (Wildman–Crippen LogP) is 4.08. The molecular weight excluding hydrogens is 454 g/mol. The zero-order valence-corrected chi connectivity index (χ0v) is 19.8. The van der Waals surface area contributed by atoms with Gasteiger partial charge in [-0.1, -0.05) is 30.3 Å². The summed E-state index contributed by atoms with van der Waals surface area (Å²) in [4.78, 5) is 32.7. The summed E-state index contributed by atoms with van der Waals surface area (Å²) < 4.78 is 6.57. The van der Waals surface area contributed by atoms with Crippen LogP contribution in [0.15, 0.2) is 34.2 Å². The van der Waals surface area contributed by atoms with Crippen molar-refractivity contribution < 1.29 is 9.53 Å². The van der Waals surface area contributed by atoms with Crippen molar-refractivity contribution in [1.82, 2.24) is 14.9 Å². The van der Waals surface area contributed by atoms with Crippen LogP contribution in [0.2, 0.25) is 5.02 Å². The highest BCUT2D eigenvalue weighted by molar-refractivity contribution is 7.99. The molecule has 9 heteroatoms. The van der Waals surface area contributed by atoms with Gasteiger partial charge < -0.3 is 10.1 Å². The van der Waals surface area contributed by atoms with E-state index in [-0.39, 0.29) is 17.2 Å². The number of hydrogen-bond acceptors (Lipinski definition) is 6. The Kier molecular flexibility index (Phi) is 7.01. The molecule has 1 amide bonds. The third kappa shape index (κ3) is 4.82. The van der Waals surface area contributed by atoms with Gasteiger partial charge in [-0.25, -0.2) is 4.98 Å². The van der Waals surface area contributed by atoms with Crippen molar-refractivity contribution in [1.29, 1.82) is 0 Å². The predicted molar refractivity (Wildman–Crippen MR) is 127 cm³/mol. The molecule has 0 saturated carbocycles. The normalized spacial score (nSPS) is 15.8. The lowest BCUT2D eigenvalue weighted by Gasteiger charge is -2.17. The Bertz CT molecular complexity index is 1160. The molecule has 6 nitrogen and oxygen atoms in total. The maximum atomic E-state index is 13.7. The molecular formula is C22H24ClN3O3S2. The number of hydrogen-bond donors (Lipinski definition) is 1. The molecule has 4 rings (SSSR count). The number of amides is 1. The Morgan fingerprint density at radius 3 is 2.90 bits per heavy atom. The summed E-state index contributed by atoms with van der Waals surface area (Å²) in [6.07, 6.45) is 2.97. The molecule has 1 atom stereocenters.